The predicted molar refractivity (Wildman–Crippen MR) is 139 cm³/mol. The molecule has 0 aliphatic carbocycles. The van der Waals surface area contributed by atoms with Crippen molar-refractivity contribution in [3.63, 3.8) is 0 Å². The summed E-state index contributed by atoms with van der Waals surface area (Å²) in [6.45, 7) is 0. The number of nitrogens with zero attached hydrogens (tertiary/aromatic N) is 4. The monoisotopic (exact) mass is 600 g/mol. The molecule has 4 rings (SSSR count). The van der Waals surface area contributed by atoms with Gasteiger partial charge in [0.25, 0.3) is 0 Å². The Morgan fingerprint density at radius 3 is 1.12 bits per heavy atom. The summed E-state index contributed by atoms with van der Waals surface area (Å²) in [6.07, 6.45) is 0. The van der Waals surface area contributed by atoms with E-state index in [-0.39, 0.29) is 104 Å². The van der Waals surface area contributed by atoms with Gasteiger partial charge in [0, 0.05) is 22.1 Å². The summed E-state index contributed by atoms with van der Waals surface area (Å²) in [5.74, 6) is 0. The maximum absolute atomic E-state index is 11.9. The van der Waals surface area contributed by atoms with Gasteiger partial charge in [0.2, 0.25) is 0 Å². The van der Waals surface area contributed by atoms with Crippen LogP contribution in [0.4, 0.5) is 45.5 Å². The van der Waals surface area contributed by atoms with Crippen molar-refractivity contribution in [2.75, 3.05) is 22.9 Å². The molecule has 4 aromatic rings. The Balaban J connectivity index is 0.00000280. The third kappa shape index (κ3) is 7.76. The van der Waals surface area contributed by atoms with E-state index in [1.807, 2.05) is 0 Å². The maximum Gasteiger partial charge on any atom is 1.00 e. The topological polar surface area (TPSA) is 268 Å². The van der Waals surface area contributed by atoms with Crippen molar-refractivity contribution in [3.8, 4) is 0 Å². The van der Waals surface area contributed by atoms with Crippen LogP contribution in [0.3, 0.4) is 0 Å². The molecular weight excluding hydrogens is 582 g/mol. The molecular formula is C22H18N8Na2O6S2. The number of hydrogen-bond acceptors (Lipinski definition) is 14. The second kappa shape index (κ2) is 12.9. The van der Waals surface area contributed by atoms with E-state index in [2.05, 4.69) is 20.5 Å². The van der Waals surface area contributed by atoms with Gasteiger partial charge in [0.15, 0.2) is 0 Å². The van der Waals surface area contributed by atoms with E-state index in [1.54, 1.807) is 0 Å². The van der Waals surface area contributed by atoms with E-state index in [9.17, 15) is 25.9 Å². The van der Waals surface area contributed by atoms with Crippen LogP contribution >= 0.6 is 0 Å². The molecule has 196 valence electrons. The fourth-order valence-corrected chi connectivity index (χ4v) is 4.41. The Bertz CT molecular complexity index is 1750. The third-order valence-corrected chi connectivity index (χ3v) is 6.81. The quantitative estimate of drug-likeness (QED) is 0.0803. The van der Waals surface area contributed by atoms with E-state index in [0.717, 1.165) is 24.3 Å². The molecule has 8 N–H and O–H groups in total. The van der Waals surface area contributed by atoms with Gasteiger partial charge in [-0.3, -0.25) is 0 Å². The van der Waals surface area contributed by atoms with Crippen LogP contribution in [0, 0.1) is 0 Å². The number of nitrogens with two attached hydrogens (primary N) is 4. The molecule has 0 bridgehead atoms. The molecule has 14 nitrogen and oxygen atoms in total. The summed E-state index contributed by atoms with van der Waals surface area (Å²) in [7, 11) is -10.1. The van der Waals surface area contributed by atoms with Crippen LogP contribution in [0.15, 0.2) is 90.9 Å². The minimum Gasteiger partial charge on any atom is -0.744 e. The van der Waals surface area contributed by atoms with Gasteiger partial charge in [-0.1, -0.05) is 0 Å². The third-order valence-electron chi connectivity index (χ3n) is 5.18. The Morgan fingerprint density at radius 1 is 0.500 bits per heavy atom. The minimum atomic E-state index is -5.03. The SMILES string of the molecule is Nc1ccc(N=Nc2cc(S(=O)(=O)[O-])cc3c(N=Nc4ccc(N)cc4N)cc(S(=O)(=O)[O-])cc23)c(N)c1.[Na+].[Na+]. The molecule has 0 aliphatic heterocycles. The Hall–Kier alpha value is -2.64. The zero-order valence-corrected chi connectivity index (χ0v) is 26.8. The van der Waals surface area contributed by atoms with Crippen molar-refractivity contribution in [1.29, 1.82) is 0 Å². The van der Waals surface area contributed by atoms with Crippen molar-refractivity contribution in [2.45, 2.75) is 9.79 Å². The molecule has 0 radical (unpaired) electrons. The molecule has 40 heavy (non-hydrogen) atoms. The average molecular weight is 601 g/mol. The molecule has 18 heteroatoms. The molecule has 0 amide bonds. The summed E-state index contributed by atoms with van der Waals surface area (Å²) >= 11 is 0. The molecule has 4 aromatic carbocycles. The molecule has 0 aromatic heterocycles. The smallest absolute Gasteiger partial charge is 0.744 e. The van der Waals surface area contributed by atoms with Gasteiger partial charge in [-0.2, -0.15) is 0 Å². The van der Waals surface area contributed by atoms with E-state index >= 15 is 0 Å². The Kier molecular flexibility index (Phi) is 10.8. The molecule has 0 fully saturated rings. The Morgan fingerprint density at radius 2 is 0.825 bits per heavy atom. The molecule has 0 heterocycles. The molecule has 0 atom stereocenters. The van der Waals surface area contributed by atoms with Gasteiger partial charge in [0.1, 0.15) is 31.6 Å². The van der Waals surface area contributed by atoms with Gasteiger partial charge in [-0.15, -0.1) is 20.5 Å². The standard InChI is InChI=1S/C22H20N8O6S2.2Na/c23-11-1-3-19(17(25)5-11)27-29-21-9-13(37(31,32)33)8-16-15(21)7-14(38(34,35)36)10-22(16)30-28-20-4-2-12(24)6-18(20)26;;/h1-10H,23-26H2,(H,31,32,33)(H,34,35,36);;/q;2*+1/p-2. The first-order valence-electron chi connectivity index (χ1n) is 10.4. The molecule has 0 unspecified atom stereocenters. The fraction of sp³-hybridized carbons (Fsp3) is 0. The van der Waals surface area contributed by atoms with Gasteiger partial charge < -0.3 is 32.0 Å². The molecule has 0 saturated carbocycles. The second-order valence-corrected chi connectivity index (χ2v) is 10.7. The number of nitrogen functional groups attached to an aromatic ring is 4. The van der Waals surface area contributed by atoms with E-state index in [4.69, 9.17) is 22.9 Å². The van der Waals surface area contributed by atoms with E-state index < -0.39 is 30.0 Å². The summed E-state index contributed by atoms with van der Waals surface area (Å²) in [4.78, 5) is -1.43. The summed E-state index contributed by atoms with van der Waals surface area (Å²) < 4.78 is 71.4. The van der Waals surface area contributed by atoms with E-state index in [1.165, 1.54) is 36.4 Å². The summed E-state index contributed by atoms with van der Waals surface area (Å²) in [6, 6.07) is 12.3. The minimum absolute atomic E-state index is 0. The van der Waals surface area contributed by atoms with Crippen molar-refractivity contribution in [1.82, 2.24) is 0 Å². The van der Waals surface area contributed by atoms with Crippen molar-refractivity contribution in [3.05, 3.63) is 60.7 Å². The molecule has 0 saturated heterocycles. The van der Waals surface area contributed by atoms with Crippen molar-refractivity contribution < 1.29 is 85.1 Å². The predicted octanol–water partition coefficient (Wildman–Crippen LogP) is -2.18. The number of hydrogen-bond donors (Lipinski definition) is 4. The second-order valence-electron chi connectivity index (χ2n) is 7.92. The van der Waals surface area contributed by atoms with Gasteiger partial charge >= 0.3 is 59.1 Å². The Labute approximate surface area is 273 Å². The summed E-state index contributed by atoms with van der Waals surface area (Å²) in [5.41, 5.74) is 23.8. The largest absolute Gasteiger partial charge is 1.00 e. The van der Waals surface area contributed by atoms with Crippen molar-refractivity contribution >= 4 is 76.5 Å². The first-order valence-corrected chi connectivity index (χ1v) is 13.2. The number of rotatable bonds is 6. The molecule has 0 spiro atoms. The van der Waals surface area contributed by atoms with Gasteiger partial charge in [-0.25, -0.2) is 16.8 Å². The number of benzene rings is 4. The fourth-order valence-electron chi connectivity index (χ4n) is 3.37. The van der Waals surface area contributed by atoms with Crippen LogP contribution < -0.4 is 82.0 Å². The number of anilines is 4. The summed E-state index contributed by atoms with van der Waals surface area (Å²) in [5, 5.41) is 15.7. The first-order chi connectivity index (χ1) is 17.7. The maximum atomic E-state index is 11.9. The van der Waals surface area contributed by atoms with Crippen LogP contribution in [0.1, 0.15) is 0 Å². The number of fused-ring (bicyclic) bond motifs is 1. The number of azo groups is 2. The normalized spacial score (nSPS) is 11.9. The molecule has 0 aliphatic rings. The van der Waals surface area contributed by atoms with Crippen LogP contribution in [-0.4, -0.2) is 25.9 Å². The zero-order valence-electron chi connectivity index (χ0n) is 21.1. The average Bonchev–Trinajstić information content (AvgIpc) is 2.81. The van der Waals surface area contributed by atoms with E-state index in [0.29, 0.717) is 11.4 Å². The first kappa shape index (κ1) is 33.6. The zero-order chi connectivity index (χ0) is 27.8. The van der Waals surface area contributed by atoms with Crippen LogP contribution in [0.25, 0.3) is 10.8 Å². The van der Waals surface area contributed by atoms with Crippen molar-refractivity contribution in [2.24, 2.45) is 20.5 Å². The van der Waals surface area contributed by atoms with Crippen LogP contribution in [0.5, 0.6) is 0 Å². The van der Waals surface area contributed by atoms with Crippen LogP contribution in [-0.2, 0) is 20.2 Å². The van der Waals surface area contributed by atoms with Gasteiger partial charge in [-0.05, 0) is 60.7 Å². The van der Waals surface area contributed by atoms with Gasteiger partial charge in [0.05, 0.1) is 32.5 Å². The van der Waals surface area contributed by atoms with Crippen LogP contribution in [0.2, 0.25) is 0 Å².